The van der Waals surface area contributed by atoms with Gasteiger partial charge in [0.05, 0.1) is 0 Å². The average molecular weight is 168 g/mol. The van der Waals surface area contributed by atoms with Crippen LogP contribution in [0.15, 0.2) is 6.20 Å². The third-order valence-electron chi connectivity index (χ3n) is 1.41. The van der Waals surface area contributed by atoms with E-state index in [0.29, 0.717) is 11.8 Å². The van der Waals surface area contributed by atoms with Crippen LogP contribution < -0.4 is 0 Å². The molecule has 0 fully saturated rings. The molecule has 5 heteroatoms. The van der Waals surface area contributed by atoms with E-state index >= 15 is 0 Å². The number of aryl methyl sites for hydroxylation is 1. The molecule has 1 N–H and O–H groups in total. The Hall–Kier alpha value is -1.65. The van der Waals surface area contributed by atoms with Crippen LogP contribution in [0.3, 0.4) is 0 Å². The van der Waals surface area contributed by atoms with Crippen LogP contribution in [0.1, 0.15) is 16.1 Å². The third-order valence-corrected chi connectivity index (χ3v) is 1.41. The second-order valence-corrected chi connectivity index (χ2v) is 2.35. The smallest absolute Gasteiger partial charge is 0.356 e. The second-order valence-electron chi connectivity index (χ2n) is 2.35. The Morgan fingerprint density at radius 2 is 2.50 bits per heavy atom. The Balaban J connectivity index is 3.07. The predicted octanol–water partition coefficient (Wildman–Crippen LogP) is -0.140. The van der Waals surface area contributed by atoms with Gasteiger partial charge in [-0.3, -0.25) is 4.68 Å². The maximum Gasteiger partial charge on any atom is 0.356 e. The van der Waals surface area contributed by atoms with Gasteiger partial charge in [-0.05, 0) is 0 Å². The molecule has 0 spiro atoms. The molecule has 0 aliphatic rings. The van der Waals surface area contributed by atoms with Crippen LogP contribution in [-0.4, -0.2) is 27.1 Å². The molecule has 0 aliphatic carbocycles. The molecule has 0 unspecified atom stereocenters. The van der Waals surface area contributed by atoms with Gasteiger partial charge in [0.1, 0.15) is 6.29 Å². The van der Waals surface area contributed by atoms with Crippen LogP contribution in [0.4, 0.5) is 0 Å². The SMILES string of the molecule is Cn1cc(CC=O)c(C(=O)O)n1. The Morgan fingerprint density at radius 3 is 3.00 bits per heavy atom. The van der Waals surface area contributed by atoms with E-state index in [2.05, 4.69) is 5.10 Å². The fourth-order valence-electron chi connectivity index (χ4n) is 0.957. The molecule has 64 valence electrons. The van der Waals surface area contributed by atoms with Crippen molar-refractivity contribution in [2.24, 2.45) is 7.05 Å². The highest BCUT2D eigenvalue weighted by Crippen LogP contribution is 2.05. The van der Waals surface area contributed by atoms with Gasteiger partial charge in [-0.1, -0.05) is 0 Å². The summed E-state index contributed by atoms with van der Waals surface area (Å²) in [6.07, 6.45) is 2.27. The minimum Gasteiger partial charge on any atom is -0.476 e. The molecule has 0 saturated heterocycles. The molecule has 1 rings (SSSR count). The van der Waals surface area contributed by atoms with Crippen molar-refractivity contribution in [2.75, 3.05) is 0 Å². The summed E-state index contributed by atoms with van der Waals surface area (Å²) in [5.74, 6) is -1.10. The first-order valence-corrected chi connectivity index (χ1v) is 3.34. The number of rotatable bonds is 3. The van der Waals surface area contributed by atoms with E-state index in [4.69, 9.17) is 5.11 Å². The molecule has 0 aromatic carbocycles. The maximum atomic E-state index is 10.5. The summed E-state index contributed by atoms with van der Waals surface area (Å²) in [4.78, 5) is 20.6. The van der Waals surface area contributed by atoms with Gasteiger partial charge in [0.2, 0.25) is 0 Å². The number of hydrogen-bond donors (Lipinski definition) is 1. The molecule has 0 amide bonds. The summed E-state index contributed by atoms with van der Waals surface area (Å²) in [7, 11) is 1.61. The van der Waals surface area contributed by atoms with E-state index in [0.717, 1.165) is 0 Å². The molecule has 0 aliphatic heterocycles. The van der Waals surface area contributed by atoms with Crippen LogP contribution in [0.2, 0.25) is 0 Å². The summed E-state index contributed by atoms with van der Waals surface area (Å²) >= 11 is 0. The zero-order chi connectivity index (χ0) is 9.14. The van der Waals surface area contributed by atoms with Crippen molar-refractivity contribution in [1.29, 1.82) is 0 Å². The fraction of sp³-hybridized carbons (Fsp3) is 0.286. The van der Waals surface area contributed by atoms with E-state index in [1.165, 1.54) is 10.9 Å². The van der Waals surface area contributed by atoms with Crippen molar-refractivity contribution in [3.8, 4) is 0 Å². The van der Waals surface area contributed by atoms with Gasteiger partial charge in [-0.25, -0.2) is 4.79 Å². The maximum absolute atomic E-state index is 10.5. The molecule has 0 radical (unpaired) electrons. The monoisotopic (exact) mass is 168 g/mol. The topological polar surface area (TPSA) is 72.2 Å². The van der Waals surface area contributed by atoms with Crippen molar-refractivity contribution in [3.05, 3.63) is 17.5 Å². The molecule has 0 atom stereocenters. The van der Waals surface area contributed by atoms with Crippen LogP contribution in [-0.2, 0) is 18.3 Å². The minimum absolute atomic E-state index is 0.0513. The first-order chi connectivity index (χ1) is 5.65. The van der Waals surface area contributed by atoms with E-state index < -0.39 is 5.97 Å². The summed E-state index contributed by atoms with van der Waals surface area (Å²) in [5, 5.41) is 12.3. The van der Waals surface area contributed by atoms with E-state index in [9.17, 15) is 9.59 Å². The second kappa shape index (κ2) is 3.17. The predicted molar refractivity (Wildman–Crippen MR) is 39.9 cm³/mol. The van der Waals surface area contributed by atoms with Crippen LogP contribution in [0.5, 0.6) is 0 Å². The number of carboxylic acid groups (broad SMARTS) is 1. The molecule has 1 aromatic rings. The molecular formula is C7H8N2O3. The fourth-order valence-corrected chi connectivity index (χ4v) is 0.957. The van der Waals surface area contributed by atoms with Gasteiger partial charge in [-0.2, -0.15) is 5.10 Å². The zero-order valence-corrected chi connectivity index (χ0v) is 6.52. The first-order valence-electron chi connectivity index (χ1n) is 3.34. The normalized spacial score (nSPS) is 9.75. The number of hydrogen-bond acceptors (Lipinski definition) is 3. The van der Waals surface area contributed by atoms with Gasteiger partial charge >= 0.3 is 5.97 Å². The molecule has 1 aromatic heterocycles. The highest BCUT2D eigenvalue weighted by molar-refractivity contribution is 5.87. The third kappa shape index (κ3) is 1.50. The largest absolute Gasteiger partial charge is 0.476 e. The lowest BCUT2D eigenvalue weighted by atomic mass is 10.2. The lowest BCUT2D eigenvalue weighted by Gasteiger charge is -1.88. The lowest BCUT2D eigenvalue weighted by molar-refractivity contribution is -0.107. The summed E-state index contributed by atoms with van der Waals surface area (Å²) < 4.78 is 1.38. The lowest BCUT2D eigenvalue weighted by Crippen LogP contribution is -2.02. The Labute approximate surface area is 68.6 Å². The van der Waals surface area contributed by atoms with Gasteiger partial charge in [0, 0.05) is 25.2 Å². The Bertz CT molecular complexity index is 316. The van der Waals surface area contributed by atoms with Crippen molar-refractivity contribution >= 4 is 12.3 Å². The summed E-state index contributed by atoms with van der Waals surface area (Å²) in [6, 6.07) is 0. The Kier molecular flexibility index (Phi) is 2.23. The number of carboxylic acids is 1. The zero-order valence-electron chi connectivity index (χ0n) is 6.52. The Morgan fingerprint density at radius 1 is 1.83 bits per heavy atom. The van der Waals surface area contributed by atoms with E-state index in [1.54, 1.807) is 7.05 Å². The van der Waals surface area contributed by atoms with Gasteiger partial charge in [0.25, 0.3) is 0 Å². The number of aldehydes is 1. The first kappa shape index (κ1) is 8.45. The van der Waals surface area contributed by atoms with Gasteiger partial charge in [0.15, 0.2) is 5.69 Å². The van der Waals surface area contributed by atoms with Crippen molar-refractivity contribution in [3.63, 3.8) is 0 Å². The quantitative estimate of drug-likeness (QED) is 0.637. The number of nitrogens with zero attached hydrogens (tertiary/aromatic N) is 2. The van der Waals surface area contributed by atoms with Gasteiger partial charge in [-0.15, -0.1) is 0 Å². The van der Waals surface area contributed by atoms with E-state index in [1.807, 2.05) is 0 Å². The summed E-state index contributed by atoms with van der Waals surface area (Å²) in [5.41, 5.74) is 0.393. The standard InChI is InChI=1S/C7H8N2O3/c1-9-4-5(2-3-10)6(8-9)7(11)12/h3-4H,2H2,1H3,(H,11,12). The number of aromatic nitrogens is 2. The van der Waals surface area contributed by atoms with Crippen LogP contribution in [0, 0.1) is 0 Å². The average Bonchev–Trinajstić information content (AvgIpc) is 2.32. The van der Waals surface area contributed by atoms with Crippen molar-refractivity contribution in [2.45, 2.75) is 6.42 Å². The van der Waals surface area contributed by atoms with Gasteiger partial charge < -0.3 is 9.90 Å². The number of aromatic carboxylic acids is 1. The molecular weight excluding hydrogens is 160 g/mol. The molecule has 0 bridgehead atoms. The van der Waals surface area contributed by atoms with Crippen molar-refractivity contribution < 1.29 is 14.7 Å². The molecule has 0 saturated carbocycles. The van der Waals surface area contributed by atoms with Crippen LogP contribution in [0.25, 0.3) is 0 Å². The molecule has 1 heterocycles. The number of carbonyl (C=O) groups is 2. The minimum atomic E-state index is -1.10. The van der Waals surface area contributed by atoms with Crippen LogP contribution >= 0.6 is 0 Å². The van der Waals surface area contributed by atoms with E-state index in [-0.39, 0.29) is 12.1 Å². The molecule has 12 heavy (non-hydrogen) atoms. The highest BCUT2D eigenvalue weighted by atomic mass is 16.4. The summed E-state index contributed by atoms with van der Waals surface area (Å²) in [6.45, 7) is 0. The van der Waals surface area contributed by atoms with Crippen molar-refractivity contribution in [1.82, 2.24) is 9.78 Å². The molecule has 5 nitrogen and oxygen atoms in total. The number of carbonyl (C=O) groups excluding carboxylic acids is 1. The highest BCUT2D eigenvalue weighted by Gasteiger charge is 2.13.